The molecule has 102 valence electrons. The summed E-state index contributed by atoms with van der Waals surface area (Å²) in [6.45, 7) is 2.59. The molecule has 1 saturated carbocycles. The van der Waals surface area contributed by atoms with Gasteiger partial charge in [0.1, 0.15) is 0 Å². The Balaban J connectivity index is 1.62. The number of aliphatic hydroxyl groups excluding tert-OH is 1. The molecule has 2 saturated heterocycles. The Kier molecular flexibility index (Phi) is 3.32. The van der Waals surface area contributed by atoms with Crippen LogP contribution in [0, 0.1) is 11.8 Å². The van der Waals surface area contributed by atoms with E-state index in [0.29, 0.717) is 25.0 Å². The van der Waals surface area contributed by atoms with Crippen molar-refractivity contribution in [1.29, 1.82) is 0 Å². The molecule has 0 aromatic heterocycles. The molecule has 1 spiro atoms. The fourth-order valence-corrected chi connectivity index (χ4v) is 3.75. The van der Waals surface area contributed by atoms with Crippen LogP contribution in [0.15, 0.2) is 0 Å². The second-order valence-corrected chi connectivity index (χ2v) is 6.15. The first-order chi connectivity index (χ1) is 8.75. The Bertz CT molecular complexity index is 317. The molecule has 1 aliphatic carbocycles. The zero-order valence-electron chi connectivity index (χ0n) is 10.9. The fourth-order valence-electron chi connectivity index (χ4n) is 3.75. The predicted octanol–water partition coefficient (Wildman–Crippen LogP) is 1.18. The van der Waals surface area contributed by atoms with Crippen molar-refractivity contribution >= 4 is 5.91 Å². The number of ether oxygens (including phenoxy) is 1. The highest BCUT2D eigenvalue weighted by Crippen LogP contribution is 2.45. The van der Waals surface area contributed by atoms with Gasteiger partial charge in [-0.05, 0) is 44.4 Å². The molecule has 4 heteroatoms. The summed E-state index contributed by atoms with van der Waals surface area (Å²) in [5, 5.41) is 9.20. The van der Waals surface area contributed by atoms with Crippen LogP contribution in [0.5, 0.6) is 0 Å². The van der Waals surface area contributed by atoms with Gasteiger partial charge in [-0.15, -0.1) is 0 Å². The molecule has 2 heterocycles. The molecule has 0 aromatic rings. The first kappa shape index (κ1) is 12.4. The van der Waals surface area contributed by atoms with Crippen molar-refractivity contribution in [3.05, 3.63) is 0 Å². The SMILES string of the molecule is O=C(C1CCOC1)N1CCC12CCC(CO)CC2. The quantitative estimate of drug-likeness (QED) is 0.804. The Morgan fingerprint density at radius 3 is 2.56 bits per heavy atom. The third-order valence-electron chi connectivity index (χ3n) is 5.21. The van der Waals surface area contributed by atoms with Gasteiger partial charge < -0.3 is 14.7 Å². The minimum atomic E-state index is 0.109. The van der Waals surface area contributed by atoms with E-state index >= 15 is 0 Å². The van der Waals surface area contributed by atoms with Gasteiger partial charge in [-0.2, -0.15) is 0 Å². The van der Waals surface area contributed by atoms with E-state index in [1.54, 1.807) is 0 Å². The van der Waals surface area contributed by atoms with Crippen molar-refractivity contribution in [2.75, 3.05) is 26.4 Å². The molecular formula is C14H23NO3. The minimum absolute atomic E-state index is 0.109. The molecule has 1 amide bonds. The van der Waals surface area contributed by atoms with Gasteiger partial charge in [0.15, 0.2) is 0 Å². The largest absolute Gasteiger partial charge is 0.396 e. The van der Waals surface area contributed by atoms with Crippen molar-refractivity contribution in [3.63, 3.8) is 0 Å². The number of hydrogen-bond acceptors (Lipinski definition) is 3. The van der Waals surface area contributed by atoms with Gasteiger partial charge in [-0.3, -0.25) is 4.79 Å². The molecule has 3 fully saturated rings. The maximum Gasteiger partial charge on any atom is 0.228 e. The topological polar surface area (TPSA) is 49.8 Å². The summed E-state index contributed by atoms with van der Waals surface area (Å²) in [7, 11) is 0. The molecule has 2 aliphatic heterocycles. The number of carbonyl (C=O) groups excluding carboxylic acids is 1. The first-order valence-electron chi connectivity index (χ1n) is 7.25. The van der Waals surface area contributed by atoms with Crippen molar-refractivity contribution in [3.8, 4) is 0 Å². The van der Waals surface area contributed by atoms with Crippen LogP contribution < -0.4 is 0 Å². The maximum absolute atomic E-state index is 12.4. The van der Waals surface area contributed by atoms with E-state index in [0.717, 1.165) is 51.7 Å². The molecule has 0 aromatic carbocycles. The van der Waals surface area contributed by atoms with Crippen LogP contribution in [0.3, 0.4) is 0 Å². The van der Waals surface area contributed by atoms with Crippen LogP contribution in [0.2, 0.25) is 0 Å². The average molecular weight is 253 g/mol. The van der Waals surface area contributed by atoms with Gasteiger partial charge in [0, 0.05) is 25.3 Å². The lowest BCUT2D eigenvalue weighted by Gasteiger charge is -2.56. The van der Waals surface area contributed by atoms with E-state index in [1.807, 2.05) is 0 Å². The number of hydrogen-bond donors (Lipinski definition) is 1. The Labute approximate surface area is 108 Å². The Morgan fingerprint density at radius 1 is 1.28 bits per heavy atom. The molecule has 3 rings (SSSR count). The predicted molar refractivity (Wildman–Crippen MR) is 67.0 cm³/mol. The van der Waals surface area contributed by atoms with Gasteiger partial charge in [0.25, 0.3) is 0 Å². The Hall–Kier alpha value is -0.610. The Morgan fingerprint density at radius 2 is 2.06 bits per heavy atom. The molecule has 4 nitrogen and oxygen atoms in total. The number of carbonyl (C=O) groups is 1. The normalized spacial score (nSPS) is 39.9. The fraction of sp³-hybridized carbons (Fsp3) is 0.929. The molecule has 1 N–H and O–H groups in total. The summed E-state index contributed by atoms with van der Waals surface area (Å²) in [4.78, 5) is 14.6. The van der Waals surface area contributed by atoms with Crippen molar-refractivity contribution < 1.29 is 14.6 Å². The lowest BCUT2D eigenvalue weighted by molar-refractivity contribution is -0.156. The standard InChI is InChI=1S/C14H23NO3/c16-9-11-1-4-14(5-2-11)6-7-15(14)13(17)12-3-8-18-10-12/h11-12,16H,1-10H2. The number of aliphatic hydroxyl groups is 1. The molecule has 3 aliphatic rings. The van der Waals surface area contributed by atoms with Crippen molar-refractivity contribution in [1.82, 2.24) is 4.90 Å². The van der Waals surface area contributed by atoms with Gasteiger partial charge in [0.05, 0.1) is 12.5 Å². The number of rotatable bonds is 2. The van der Waals surface area contributed by atoms with Crippen LogP contribution in [0.1, 0.15) is 38.5 Å². The van der Waals surface area contributed by atoms with Gasteiger partial charge >= 0.3 is 0 Å². The van der Waals surface area contributed by atoms with Gasteiger partial charge in [0.2, 0.25) is 5.91 Å². The van der Waals surface area contributed by atoms with Crippen LogP contribution in [0.4, 0.5) is 0 Å². The highest BCUT2D eigenvalue weighted by molar-refractivity contribution is 5.81. The van der Waals surface area contributed by atoms with Crippen molar-refractivity contribution in [2.24, 2.45) is 11.8 Å². The zero-order chi connectivity index (χ0) is 12.6. The smallest absolute Gasteiger partial charge is 0.228 e. The van der Waals surface area contributed by atoms with E-state index in [2.05, 4.69) is 4.90 Å². The highest BCUT2D eigenvalue weighted by atomic mass is 16.5. The summed E-state index contributed by atoms with van der Waals surface area (Å²) < 4.78 is 5.33. The second kappa shape index (κ2) is 4.82. The average Bonchev–Trinajstić information content (AvgIpc) is 2.91. The number of nitrogens with zero attached hydrogens (tertiary/aromatic N) is 1. The van der Waals surface area contributed by atoms with Crippen LogP contribution in [-0.2, 0) is 9.53 Å². The third-order valence-corrected chi connectivity index (χ3v) is 5.21. The number of amides is 1. The van der Waals surface area contributed by atoms with E-state index in [9.17, 15) is 9.90 Å². The first-order valence-corrected chi connectivity index (χ1v) is 7.25. The van der Waals surface area contributed by atoms with Crippen LogP contribution in [-0.4, -0.2) is 47.8 Å². The highest BCUT2D eigenvalue weighted by Gasteiger charge is 2.50. The van der Waals surface area contributed by atoms with E-state index in [1.165, 1.54) is 0 Å². The third kappa shape index (κ3) is 1.95. The van der Waals surface area contributed by atoms with E-state index in [-0.39, 0.29) is 11.5 Å². The molecule has 1 atom stereocenters. The second-order valence-electron chi connectivity index (χ2n) is 6.15. The van der Waals surface area contributed by atoms with Gasteiger partial charge in [-0.1, -0.05) is 0 Å². The molecule has 0 radical (unpaired) electrons. The maximum atomic E-state index is 12.4. The van der Waals surface area contributed by atoms with Gasteiger partial charge in [-0.25, -0.2) is 0 Å². The molecule has 18 heavy (non-hydrogen) atoms. The monoisotopic (exact) mass is 253 g/mol. The van der Waals surface area contributed by atoms with Crippen LogP contribution in [0.25, 0.3) is 0 Å². The summed E-state index contributed by atoms with van der Waals surface area (Å²) in [6, 6.07) is 0. The lowest BCUT2D eigenvalue weighted by Crippen LogP contribution is -2.64. The minimum Gasteiger partial charge on any atom is -0.396 e. The zero-order valence-corrected chi connectivity index (χ0v) is 10.9. The molecule has 1 unspecified atom stereocenters. The van der Waals surface area contributed by atoms with E-state index in [4.69, 9.17) is 4.74 Å². The van der Waals surface area contributed by atoms with Crippen molar-refractivity contribution in [2.45, 2.75) is 44.1 Å². The molecular weight excluding hydrogens is 230 g/mol. The summed E-state index contributed by atoms with van der Waals surface area (Å²) in [5.74, 6) is 0.891. The summed E-state index contributed by atoms with van der Waals surface area (Å²) in [6.07, 6.45) is 6.35. The lowest BCUT2D eigenvalue weighted by atomic mass is 9.69. The number of likely N-dealkylation sites (tertiary alicyclic amines) is 1. The van der Waals surface area contributed by atoms with E-state index < -0.39 is 0 Å². The molecule has 0 bridgehead atoms. The summed E-state index contributed by atoms with van der Waals surface area (Å²) >= 11 is 0. The van der Waals surface area contributed by atoms with Crippen LogP contribution >= 0.6 is 0 Å². The summed E-state index contributed by atoms with van der Waals surface area (Å²) in [5.41, 5.74) is 0.144.